The maximum absolute atomic E-state index is 3.52. The van der Waals surface area contributed by atoms with Crippen molar-refractivity contribution in [2.24, 2.45) is 0 Å². The first kappa shape index (κ1) is 22.6. The largest absolute Gasteiger partial charge is 0.315 e. The molecule has 0 saturated carbocycles. The molecule has 0 radical (unpaired) electrons. The predicted molar refractivity (Wildman–Crippen MR) is 142 cm³/mol. The van der Waals surface area contributed by atoms with Crippen LogP contribution >= 0.6 is 0 Å². The zero-order valence-electron chi connectivity index (χ0n) is 19.7. The van der Waals surface area contributed by atoms with Crippen LogP contribution in [0.2, 0.25) is 0 Å². The Bertz CT molecular complexity index is 929. The molecule has 4 aromatic carbocycles. The SMILES string of the molecule is c1ccc([C@@H]2CNC[C@H]2c2ccccc2)cc1.c1ccc([C@H]2CNC[C@@H]2c2ccccc2)cc1. The van der Waals surface area contributed by atoms with Crippen LogP contribution < -0.4 is 10.6 Å². The highest BCUT2D eigenvalue weighted by atomic mass is 14.9. The third kappa shape index (κ3) is 5.30. The van der Waals surface area contributed by atoms with E-state index >= 15 is 0 Å². The van der Waals surface area contributed by atoms with Gasteiger partial charge in [-0.3, -0.25) is 0 Å². The molecule has 172 valence electrons. The Kier molecular flexibility index (Phi) is 7.50. The summed E-state index contributed by atoms with van der Waals surface area (Å²) in [6.45, 7) is 4.35. The molecule has 0 spiro atoms. The molecule has 0 aromatic heterocycles. The van der Waals surface area contributed by atoms with Crippen LogP contribution in [0.15, 0.2) is 121 Å². The van der Waals surface area contributed by atoms with Gasteiger partial charge in [0.05, 0.1) is 0 Å². The maximum Gasteiger partial charge on any atom is 0.00443 e. The van der Waals surface area contributed by atoms with Gasteiger partial charge in [0.2, 0.25) is 0 Å². The molecule has 2 aliphatic heterocycles. The lowest BCUT2D eigenvalue weighted by Crippen LogP contribution is -2.08. The minimum atomic E-state index is 0.610. The number of rotatable bonds is 4. The second-order valence-corrected chi connectivity index (χ2v) is 9.39. The third-order valence-electron chi connectivity index (χ3n) is 7.34. The molecule has 4 aromatic rings. The molecule has 0 amide bonds. The van der Waals surface area contributed by atoms with Crippen LogP contribution in [-0.2, 0) is 0 Å². The maximum atomic E-state index is 3.52. The summed E-state index contributed by atoms with van der Waals surface area (Å²) in [5.41, 5.74) is 5.80. The van der Waals surface area contributed by atoms with Crippen LogP contribution in [0.4, 0.5) is 0 Å². The minimum Gasteiger partial charge on any atom is -0.315 e. The molecular weight excluding hydrogens is 412 g/mol. The number of nitrogens with one attached hydrogen (secondary N) is 2. The van der Waals surface area contributed by atoms with E-state index < -0.39 is 0 Å². The molecule has 2 N–H and O–H groups in total. The molecule has 34 heavy (non-hydrogen) atoms. The first-order valence-corrected chi connectivity index (χ1v) is 12.5. The third-order valence-corrected chi connectivity index (χ3v) is 7.34. The fourth-order valence-electron chi connectivity index (χ4n) is 5.56. The first-order chi connectivity index (χ1) is 16.9. The van der Waals surface area contributed by atoms with Crippen LogP contribution in [0.5, 0.6) is 0 Å². The van der Waals surface area contributed by atoms with Crippen LogP contribution in [-0.4, -0.2) is 26.2 Å². The van der Waals surface area contributed by atoms with Crippen molar-refractivity contribution >= 4 is 0 Å². The smallest absolute Gasteiger partial charge is 0.00443 e. The predicted octanol–water partition coefficient (Wildman–Crippen LogP) is 6.31. The van der Waals surface area contributed by atoms with Gasteiger partial charge in [0.1, 0.15) is 0 Å². The minimum absolute atomic E-state index is 0.610. The summed E-state index contributed by atoms with van der Waals surface area (Å²) in [7, 11) is 0. The lowest BCUT2D eigenvalue weighted by Gasteiger charge is -2.19. The second-order valence-electron chi connectivity index (χ2n) is 9.39. The molecule has 2 heteroatoms. The Hall–Kier alpha value is -3.20. The van der Waals surface area contributed by atoms with E-state index in [9.17, 15) is 0 Å². The summed E-state index contributed by atoms with van der Waals surface area (Å²) in [6.07, 6.45) is 0. The van der Waals surface area contributed by atoms with Gasteiger partial charge in [-0.1, -0.05) is 121 Å². The summed E-state index contributed by atoms with van der Waals surface area (Å²) >= 11 is 0. The van der Waals surface area contributed by atoms with Gasteiger partial charge in [-0.25, -0.2) is 0 Å². The topological polar surface area (TPSA) is 24.1 Å². The highest BCUT2D eigenvalue weighted by Crippen LogP contribution is 2.36. The van der Waals surface area contributed by atoms with E-state index in [1.807, 2.05) is 0 Å². The van der Waals surface area contributed by atoms with Gasteiger partial charge in [0, 0.05) is 49.9 Å². The number of hydrogen-bond donors (Lipinski definition) is 2. The number of hydrogen-bond acceptors (Lipinski definition) is 2. The standard InChI is InChI=1S/2C16H17N/c2*1-3-7-13(8-4-1)15-11-17-12-16(15)14-9-5-2-6-10-14/h2*1-10,15-17H,11-12H2/t2*15-,16-/m10/s1. The lowest BCUT2D eigenvalue weighted by atomic mass is 9.84. The Labute approximate surface area is 204 Å². The van der Waals surface area contributed by atoms with Crippen molar-refractivity contribution in [2.75, 3.05) is 26.2 Å². The van der Waals surface area contributed by atoms with Crippen LogP contribution in [0.25, 0.3) is 0 Å². The van der Waals surface area contributed by atoms with Crippen LogP contribution in [0.1, 0.15) is 45.9 Å². The summed E-state index contributed by atoms with van der Waals surface area (Å²) in [5.74, 6) is 2.44. The summed E-state index contributed by atoms with van der Waals surface area (Å²) in [5, 5.41) is 7.04. The summed E-state index contributed by atoms with van der Waals surface area (Å²) in [4.78, 5) is 0. The van der Waals surface area contributed by atoms with Crippen LogP contribution in [0.3, 0.4) is 0 Å². The molecule has 4 atom stereocenters. The van der Waals surface area contributed by atoms with E-state index in [1.54, 1.807) is 0 Å². The molecule has 0 bridgehead atoms. The van der Waals surface area contributed by atoms with E-state index in [0.717, 1.165) is 26.2 Å². The molecule has 2 nitrogen and oxygen atoms in total. The number of benzene rings is 4. The molecule has 2 fully saturated rings. The van der Waals surface area contributed by atoms with Crippen molar-refractivity contribution in [2.45, 2.75) is 23.7 Å². The van der Waals surface area contributed by atoms with E-state index in [4.69, 9.17) is 0 Å². The van der Waals surface area contributed by atoms with Gasteiger partial charge in [-0.15, -0.1) is 0 Å². The van der Waals surface area contributed by atoms with Gasteiger partial charge >= 0.3 is 0 Å². The van der Waals surface area contributed by atoms with Gasteiger partial charge in [0.25, 0.3) is 0 Å². The zero-order valence-corrected chi connectivity index (χ0v) is 19.7. The van der Waals surface area contributed by atoms with E-state index in [-0.39, 0.29) is 0 Å². The molecule has 0 unspecified atom stereocenters. The monoisotopic (exact) mass is 446 g/mol. The van der Waals surface area contributed by atoms with Crippen molar-refractivity contribution < 1.29 is 0 Å². The summed E-state index contributed by atoms with van der Waals surface area (Å²) < 4.78 is 0. The van der Waals surface area contributed by atoms with Crippen molar-refractivity contribution in [1.82, 2.24) is 10.6 Å². The summed E-state index contributed by atoms with van der Waals surface area (Å²) in [6, 6.07) is 43.4. The van der Waals surface area contributed by atoms with E-state index in [1.165, 1.54) is 22.3 Å². The van der Waals surface area contributed by atoms with Gasteiger partial charge < -0.3 is 10.6 Å². The fraction of sp³-hybridized carbons (Fsp3) is 0.250. The van der Waals surface area contributed by atoms with Crippen molar-refractivity contribution in [3.8, 4) is 0 Å². The van der Waals surface area contributed by atoms with Gasteiger partial charge in [-0.05, 0) is 22.3 Å². The second kappa shape index (κ2) is 11.3. The van der Waals surface area contributed by atoms with Crippen molar-refractivity contribution in [1.29, 1.82) is 0 Å². The molecule has 2 aliphatic rings. The van der Waals surface area contributed by atoms with Crippen LogP contribution in [0, 0.1) is 0 Å². The van der Waals surface area contributed by atoms with Gasteiger partial charge in [-0.2, -0.15) is 0 Å². The van der Waals surface area contributed by atoms with Crippen molar-refractivity contribution in [3.05, 3.63) is 144 Å². The average molecular weight is 447 g/mol. The first-order valence-electron chi connectivity index (χ1n) is 12.5. The average Bonchev–Trinajstić information content (AvgIpc) is 3.62. The van der Waals surface area contributed by atoms with Crippen molar-refractivity contribution in [3.63, 3.8) is 0 Å². The Morgan fingerprint density at radius 2 is 0.529 bits per heavy atom. The van der Waals surface area contributed by atoms with Gasteiger partial charge in [0.15, 0.2) is 0 Å². The van der Waals surface area contributed by atoms with E-state index in [2.05, 4.69) is 132 Å². The van der Waals surface area contributed by atoms with E-state index in [0.29, 0.717) is 23.7 Å². The molecule has 0 aliphatic carbocycles. The fourth-order valence-corrected chi connectivity index (χ4v) is 5.56. The molecular formula is C32H34N2. The normalized spacial score (nSPS) is 23.8. The Morgan fingerprint density at radius 3 is 0.735 bits per heavy atom. The lowest BCUT2D eigenvalue weighted by molar-refractivity contribution is 0.666. The Balaban J connectivity index is 0.000000142. The quantitative estimate of drug-likeness (QED) is 0.384. The molecule has 2 saturated heterocycles. The molecule has 2 heterocycles. The Morgan fingerprint density at radius 1 is 0.324 bits per heavy atom. The highest BCUT2D eigenvalue weighted by Gasteiger charge is 2.30. The zero-order chi connectivity index (χ0) is 23.0. The molecule has 6 rings (SSSR count). The highest BCUT2D eigenvalue weighted by molar-refractivity contribution is 5.32.